The molecule has 0 bridgehead atoms. The van der Waals surface area contributed by atoms with E-state index in [1.54, 1.807) is 30.3 Å². The van der Waals surface area contributed by atoms with Crippen LogP contribution < -0.4 is 16.0 Å². The minimum absolute atomic E-state index is 0.146. The van der Waals surface area contributed by atoms with Gasteiger partial charge in [-0.25, -0.2) is 0 Å². The van der Waals surface area contributed by atoms with Crippen LogP contribution in [0.25, 0.3) is 0 Å². The number of hydrogen-bond acceptors (Lipinski definition) is 5. The first-order valence-electron chi connectivity index (χ1n) is 8.35. The third kappa shape index (κ3) is 7.81. The summed E-state index contributed by atoms with van der Waals surface area (Å²) >= 11 is 11.7. The highest BCUT2D eigenvalue weighted by molar-refractivity contribution is 6.36. The van der Waals surface area contributed by atoms with E-state index in [2.05, 4.69) is 16.0 Å². The molecule has 0 heterocycles. The predicted molar refractivity (Wildman–Crippen MR) is 108 cm³/mol. The van der Waals surface area contributed by atoms with E-state index in [-0.39, 0.29) is 17.1 Å². The van der Waals surface area contributed by atoms with E-state index in [4.69, 9.17) is 27.9 Å². The van der Waals surface area contributed by atoms with Gasteiger partial charge in [0.25, 0.3) is 11.8 Å². The second kappa shape index (κ2) is 11.0. The third-order valence-electron chi connectivity index (χ3n) is 3.44. The molecule has 0 saturated heterocycles. The Labute approximate surface area is 176 Å². The number of amides is 3. The zero-order chi connectivity index (χ0) is 21.2. The van der Waals surface area contributed by atoms with Crippen LogP contribution in [0.4, 0.5) is 5.69 Å². The molecule has 2 rings (SSSR count). The molecule has 3 N–H and O–H groups in total. The van der Waals surface area contributed by atoms with Crippen molar-refractivity contribution >= 4 is 52.6 Å². The van der Waals surface area contributed by atoms with Crippen LogP contribution in [0.1, 0.15) is 10.4 Å². The highest BCUT2D eigenvalue weighted by Gasteiger charge is 2.13. The minimum atomic E-state index is -0.798. The maximum absolute atomic E-state index is 12.0. The maximum Gasteiger partial charge on any atom is 0.325 e. The number of carbonyl (C=O) groups excluding carboxylic acids is 4. The van der Waals surface area contributed by atoms with Gasteiger partial charge < -0.3 is 20.7 Å². The molecule has 29 heavy (non-hydrogen) atoms. The van der Waals surface area contributed by atoms with E-state index in [0.717, 1.165) is 0 Å². The number of esters is 1. The van der Waals surface area contributed by atoms with Gasteiger partial charge >= 0.3 is 5.97 Å². The highest BCUT2D eigenvalue weighted by atomic mass is 35.5. The van der Waals surface area contributed by atoms with E-state index in [0.29, 0.717) is 10.7 Å². The molecule has 10 heteroatoms. The lowest BCUT2D eigenvalue weighted by molar-refractivity contribution is -0.147. The molecule has 2 aromatic carbocycles. The Bertz CT molecular complexity index is 906. The van der Waals surface area contributed by atoms with Crippen molar-refractivity contribution in [2.45, 2.75) is 0 Å². The number of halogens is 2. The lowest BCUT2D eigenvalue weighted by Crippen LogP contribution is -2.39. The van der Waals surface area contributed by atoms with E-state index in [1.165, 1.54) is 18.2 Å². The summed E-state index contributed by atoms with van der Waals surface area (Å²) in [6.07, 6.45) is 0. The number of nitrogens with one attached hydrogen (secondary N) is 3. The maximum atomic E-state index is 12.0. The molecule has 0 radical (unpaired) electrons. The number of carbonyl (C=O) groups is 4. The number of ether oxygens (including phenoxy) is 1. The highest BCUT2D eigenvalue weighted by Crippen LogP contribution is 2.20. The molecule has 0 spiro atoms. The average Bonchev–Trinajstić information content (AvgIpc) is 2.69. The van der Waals surface area contributed by atoms with Crippen molar-refractivity contribution in [2.75, 3.05) is 25.0 Å². The van der Waals surface area contributed by atoms with Crippen molar-refractivity contribution in [1.82, 2.24) is 10.6 Å². The first-order chi connectivity index (χ1) is 13.8. The van der Waals surface area contributed by atoms with Gasteiger partial charge in [0.05, 0.1) is 17.1 Å². The van der Waals surface area contributed by atoms with E-state index in [9.17, 15) is 19.2 Å². The molecule has 2 aromatic rings. The van der Waals surface area contributed by atoms with Crippen molar-refractivity contribution < 1.29 is 23.9 Å². The smallest absolute Gasteiger partial charge is 0.325 e. The molecule has 0 atom stereocenters. The number of rotatable bonds is 8. The predicted octanol–water partition coefficient (Wildman–Crippen LogP) is 2.02. The fraction of sp³-hybridized carbons (Fsp3) is 0.158. The zero-order valence-corrected chi connectivity index (χ0v) is 16.5. The molecule has 0 unspecified atom stereocenters. The molecule has 0 aliphatic heterocycles. The lowest BCUT2D eigenvalue weighted by Gasteiger charge is -2.09. The number of anilines is 1. The monoisotopic (exact) mass is 437 g/mol. The first-order valence-corrected chi connectivity index (χ1v) is 9.11. The number of benzene rings is 2. The fourth-order valence-corrected chi connectivity index (χ4v) is 2.57. The Morgan fingerprint density at radius 3 is 2.28 bits per heavy atom. The van der Waals surface area contributed by atoms with Gasteiger partial charge in [-0.1, -0.05) is 41.4 Å². The molecule has 8 nitrogen and oxygen atoms in total. The SMILES string of the molecule is O=C(CNC(=O)c1ccc(Cl)cc1Cl)NCC(=O)OCC(=O)Nc1ccccc1. The quantitative estimate of drug-likeness (QED) is 0.546. The standard InChI is InChI=1S/C19H17Cl2N3O5/c20-12-6-7-14(15(21)8-12)19(28)23-9-16(25)22-10-18(27)29-11-17(26)24-13-4-2-1-3-5-13/h1-8H,9-11H2,(H,22,25)(H,23,28)(H,24,26). The summed E-state index contributed by atoms with van der Waals surface area (Å²) in [6.45, 7) is -1.32. The Kier molecular flexibility index (Phi) is 8.45. The van der Waals surface area contributed by atoms with Crippen molar-refractivity contribution in [2.24, 2.45) is 0 Å². The van der Waals surface area contributed by atoms with Crippen LogP contribution in [0, 0.1) is 0 Å². The van der Waals surface area contributed by atoms with Crippen molar-refractivity contribution in [3.05, 3.63) is 64.1 Å². The van der Waals surface area contributed by atoms with Crippen LogP contribution in [0.2, 0.25) is 10.0 Å². The largest absolute Gasteiger partial charge is 0.454 e. The van der Waals surface area contributed by atoms with Gasteiger partial charge in [-0.2, -0.15) is 0 Å². The first kappa shape index (κ1) is 22.2. The van der Waals surface area contributed by atoms with Crippen molar-refractivity contribution in [3.8, 4) is 0 Å². The van der Waals surface area contributed by atoms with Gasteiger partial charge in [0.2, 0.25) is 5.91 Å². The van der Waals surface area contributed by atoms with Gasteiger partial charge in [0, 0.05) is 10.7 Å². The van der Waals surface area contributed by atoms with Crippen molar-refractivity contribution in [3.63, 3.8) is 0 Å². The Hall–Kier alpha value is -3.10. The Morgan fingerprint density at radius 2 is 1.59 bits per heavy atom. The van der Waals surface area contributed by atoms with E-state index < -0.39 is 36.8 Å². The van der Waals surface area contributed by atoms with Gasteiger partial charge in [0.1, 0.15) is 6.54 Å². The summed E-state index contributed by atoms with van der Waals surface area (Å²) in [5, 5.41) is 7.71. The van der Waals surface area contributed by atoms with E-state index >= 15 is 0 Å². The topological polar surface area (TPSA) is 114 Å². The van der Waals surface area contributed by atoms with Crippen LogP contribution >= 0.6 is 23.2 Å². The molecule has 0 aliphatic carbocycles. The van der Waals surface area contributed by atoms with Gasteiger partial charge in [-0.3, -0.25) is 19.2 Å². The summed E-state index contributed by atoms with van der Waals surface area (Å²) in [6, 6.07) is 13.0. The van der Waals surface area contributed by atoms with Crippen LogP contribution in [0.5, 0.6) is 0 Å². The molecule has 0 aliphatic rings. The summed E-state index contributed by atoms with van der Waals surface area (Å²) in [5.41, 5.74) is 0.728. The van der Waals surface area contributed by atoms with Crippen LogP contribution in [0.15, 0.2) is 48.5 Å². The second-order valence-electron chi connectivity index (χ2n) is 5.66. The molecule has 0 fully saturated rings. The van der Waals surface area contributed by atoms with Gasteiger partial charge in [0.15, 0.2) is 6.61 Å². The molecule has 0 aromatic heterocycles. The molecule has 0 saturated carbocycles. The molecular formula is C19H17Cl2N3O5. The molecule has 3 amide bonds. The Balaban J connectivity index is 1.66. The third-order valence-corrected chi connectivity index (χ3v) is 3.98. The Morgan fingerprint density at radius 1 is 0.862 bits per heavy atom. The van der Waals surface area contributed by atoms with Crippen LogP contribution in [-0.2, 0) is 19.1 Å². The molecule has 152 valence electrons. The van der Waals surface area contributed by atoms with Gasteiger partial charge in [-0.05, 0) is 30.3 Å². The summed E-state index contributed by atoms with van der Waals surface area (Å²) in [5.74, 6) is -2.49. The minimum Gasteiger partial charge on any atom is -0.454 e. The van der Waals surface area contributed by atoms with E-state index in [1.807, 2.05) is 0 Å². The summed E-state index contributed by atoms with van der Waals surface area (Å²) in [4.78, 5) is 47.0. The number of hydrogen-bond donors (Lipinski definition) is 3. The zero-order valence-electron chi connectivity index (χ0n) is 15.0. The summed E-state index contributed by atoms with van der Waals surface area (Å²) < 4.78 is 4.77. The van der Waals surface area contributed by atoms with Crippen molar-refractivity contribution in [1.29, 1.82) is 0 Å². The second-order valence-corrected chi connectivity index (χ2v) is 6.50. The van der Waals surface area contributed by atoms with Crippen LogP contribution in [0.3, 0.4) is 0 Å². The summed E-state index contributed by atoms with van der Waals surface area (Å²) in [7, 11) is 0. The van der Waals surface area contributed by atoms with Crippen LogP contribution in [-0.4, -0.2) is 43.4 Å². The average molecular weight is 438 g/mol. The lowest BCUT2D eigenvalue weighted by atomic mass is 10.2. The fourth-order valence-electron chi connectivity index (χ4n) is 2.08. The normalized spacial score (nSPS) is 10.0. The van der Waals surface area contributed by atoms with Gasteiger partial charge in [-0.15, -0.1) is 0 Å². The number of para-hydroxylation sites is 1. The molecular weight excluding hydrogens is 421 g/mol.